The fraction of sp³-hybridized carbons (Fsp3) is 0.667. The lowest BCUT2D eigenvalue weighted by Gasteiger charge is -2.28. The van der Waals surface area contributed by atoms with Gasteiger partial charge in [-0.3, -0.25) is 0 Å². The van der Waals surface area contributed by atoms with E-state index in [2.05, 4.69) is 9.97 Å². The van der Waals surface area contributed by atoms with Crippen LogP contribution < -0.4 is 4.90 Å². The number of piperidine rings is 1. The second-order valence-corrected chi connectivity index (χ2v) is 4.60. The van der Waals surface area contributed by atoms with Gasteiger partial charge in [0.15, 0.2) is 11.6 Å². The van der Waals surface area contributed by atoms with E-state index in [0.717, 1.165) is 31.8 Å². The first-order valence-electron chi connectivity index (χ1n) is 5.96. The van der Waals surface area contributed by atoms with E-state index >= 15 is 0 Å². The Morgan fingerprint density at radius 1 is 1.25 bits per heavy atom. The summed E-state index contributed by atoms with van der Waals surface area (Å²) in [4.78, 5) is 10.4. The number of hydrogen-bond acceptors (Lipinski definition) is 3. The van der Waals surface area contributed by atoms with E-state index in [-0.39, 0.29) is 11.7 Å². The van der Waals surface area contributed by atoms with Crippen molar-refractivity contribution in [1.29, 1.82) is 0 Å². The molecular formula is C12H18FN3. The minimum Gasteiger partial charge on any atom is -0.354 e. The van der Waals surface area contributed by atoms with Crippen LogP contribution in [0.1, 0.15) is 44.9 Å². The maximum atomic E-state index is 13.7. The quantitative estimate of drug-likeness (QED) is 0.772. The molecule has 0 N–H and O–H groups in total. The highest BCUT2D eigenvalue weighted by Gasteiger charge is 2.18. The molecule has 0 unspecified atom stereocenters. The fourth-order valence-electron chi connectivity index (χ4n) is 1.98. The van der Waals surface area contributed by atoms with Crippen molar-refractivity contribution in [3.63, 3.8) is 0 Å². The van der Waals surface area contributed by atoms with Gasteiger partial charge in [-0.2, -0.15) is 0 Å². The molecule has 1 aliphatic rings. The normalized spacial score (nSPS) is 16.9. The molecule has 0 atom stereocenters. The SMILES string of the molecule is CC(C)c1ncc(F)c(N2CCCCC2)n1. The van der Waals surface area contributed by atoms with Crippen molar-refractivity contribution in [2.24, 2.45) is 0 Å². The van der Waals surface area contributed by atoms with Crippen LogP contribution in [0.2, 0.25) is 0 Å². The molecule has 2 heterocycles. The van der Waals surface area contributed by atoms with E-state index in [1.54, 1.807) is 0 Å². The van der Waals surface area contributed by atoms with Crippen LogP contribution in [0.4, 0.5) is 10.2 Å². The number of nitrogens with zero attached hydrogens (tertiary/aromatic N) is 3. The summed E-state index contributed by atoms with van der Waals surface area (Å²) in [5.74, 6) is 1.15. The van der Waals surface area contributed by atoms with Crippen LogP contribution in [-0.4, -0.2) is 23.1 Å². The summed E-state index contributed by atoms with van der Waals surface area (Å²) < 4.78 is 13.7. The molecule has 0 aliphatic carbocycles. The second-order valence-electron chi connectivity index (χ2n) is 4.60. The van der Waals surface area contributed by atoms with Crippen LogP contribution >= 0.6 is 0 Å². The summed E-state index contributed by atoms with van der Waals surface area (Å²) in [5.41, 5.74) is 0. The molecule has 0 amide bonds. The van der Waals surface area contributed by atoms with Gasteiger partial charge in [-0.1, -0.05) is 13.8 Å². The van der Waals surface area contributed by atoms with Crippen LogP contribution in [0.3, 0.4) is 0 Å². The molecule has 2 rings (SSSR count). The average molecular weight is 223 g/mol. The predicted molar refractivity (Wildman–Crippen MR) is 62.1 cm³/mol. The van der Waals surface area contributed by atoms with Gasteiger partial charge in [0, 0.05) is 19.0 Å². The maximum Gasteiger partial charge on any atom is 0.183 e. The Kier molecular flexibility index (Phi) is 3.36. The maximum absolute atomic E-state index is 13.7. The zero-order valence-electron chi connectivity index (χ0n) is 9.91. The zero-order valence-corrected chi connectivity index (χ0v) is 9.91. The first-order valence-corrected chi connectivity index (χ1v) is 5.96. The van der Waals surface area contributed by atoms with Crippen molar-refractivity contribution in [3.05, 3.63) is 17.8 Å². The van der Waals surface area contributed by atoms with Gasteiger partial charge in [-0.25, -0.2) is 14.4 Å². The van der Waals surface area contributed by atoms with E-state index in [1.807, 2.05) is 18.7 Å². The lowest BCUT2D eigenvalue weighted by molar-refractivity contribution is 0.542. The van der Waals surface area contributed by atoms with Crippen LogP contribution in [0.25, 0.3) is 0 Å². The smallest absolute Gasteiger partial charge is 0.183 e. The van der Waals surface area contributed by atoms with Gasteiger partial charge in [0.1, 0.15) is 5.82 Å². The minimum atomic E-state index is -0.300. The third kappa shape index (κ3) is 2.31. The van der Waals surface area contributed by atoms with E-state index in [4.69, 9.17) is 0 Å². The summed E-state index contributed by atoms with van der Waals surface area (Å²) in [6.07, 6.45) is 4.79. The molecule has 1 aromatic heterocycles. The van der Waals surface area contributed by atoms with Gasteiger partial charge in [0.2, 0.25) is 0 Å². The number of rotatable bonds is 2. The Bertz CT molecular complexity index is 359. The molecule has 88 valence electrons. The molecule has 16 heavy (non-hydrogen) atoms. The topological polar surface area (TPSA) is 29.0 Å². The fourth-order valence-corrected chi connectivity index (χ4v) is 1.98. The van der Waals surface area contributed by atoms with Crippen LogP contribution in [-0.2, 0) is 0 Å². The van der Waals surface area contributed by atoms with Gasteiger partial charge in [0.25, 0.3) is 0 Å². The van der Waals surface area contributed by atoms with Crippen molar-refractivity contribution in [2.45, 2.75) is 39.0 Å². The molecule has 3 nitrogen and oxygen atoms in total. The lowest BCUT2D eigenvalue weighted by Crippen LogP contribution is -2.31. The molecule has 1 fully saturated rings. The monoisotopic (exact) mass is 223 g/mol. The number of halogens is 1. The third-order valence-electron chi connectivity index (χ3n) is 2.92. The van der Waals surface area contributed by atoms with E-state index < -0.39 is 0 Å². The van der Waals surface area contributed by atoms with Crippen LogP contribution in [0.5, 0.6) is 0 Å². The summed E-state index contributed by atoms with van der Waals surface area (Å²) in [6.45, 7) is 5.86. The molecule has 4 heteroatoms. The Hall–Kier alpha value is -1.19. The Morgan fingerprint density at radius 2 is 1.94 bits per heavy atom. The van der Waals surface area contributed by atoms with Crippen LogP contribution in [0.15, 0.2) is 6.20 Å². The summed E-state index contributed by atoms with van der Waals surface area (Å²) in [6, 6.07) is 0. The Balaban J connectivity index is 2.27. The van der Waals surface area contributed by atoms with Crippen molar-refractivity contribution in [2.75, 3.05) is 18.0 Å². The van der Waals surface area contributed by atoms with Gasteiger partial charge >= 0.3 is 0 Å². The summed E-state index contributed by atoms with van der Waals surface area (Å²) in [5, 5.41) is 0. The molecule has 0 aromatic carbocycles. The van der Waals surface area contributed by atoms with Gasteiger partial charge in [-0.15, -0.1) is 0 Å². The summed E-state index contributed by atoms with van der Waals surface area (Å²) in [7, 11) is 0. The molecule has 0 spiro atoms. The van der Waals surface area contributed by atoms with Crippen molar-refractivity contribution >= 4 is 5.82 Å². The van der Waals surface area contributed by atoms with Gasteiger partial charge in [0.05, 0.1) is 6.20 Å². The Labute approximate surface area is 95.7 Å². The van der Waals surface area contributed by atoms with E-state index in [0.29, 0.717) is 5.82 Å². The summed E-state index contributed by atoms with van der Waals surface area (Å²) >= 11 is 0. The highest BCUT2D eigenvalue weighted by atomic mass is 19.1. The molecular weight excluding hydrogens is 205 g/mol. The highest BCUT2D eigenvalue weighted by Crippen LogP contribution is 2.22. The molecule has 1 saturated heterocycles. The molecule has 1 aliphatic heterocycles. The van der Waals surface area contributed by atoms with Gasteiger partial charge in [-0.05, 0) is 19.3 Å². The molecule has 1 aromatic rings. The number of hydrogen-bond donors (Lipinski definition) is 0. The first kappa shape index (κ1) is 11.3. The highest BCUT2D eigenvalue weighted by molar-refractivity contribution is 5.39. The molecule has 0 bridgehead atoms. The zero-order chi connectivity index (χ0) is 11.5. The largest absolute Gasteiger partial charge is 0.354 e. The molecule has 0 saturated carbocycles. The van der Waals surface area contributed by atoms with Gasteiger partial charge < -0.3 is 4.90 Å². The Morgan fingerprint density at radius 3 is 2.56 bits per heavy atom. The second kappa shape index (κ2) is 4.76. The molecule has 0 radical (unpaired) electrons. The first-order chi connectivity index (χ1) is 7.68. The third-order valence-corrected chi connectivity index (χ3v) is 2.92. The average Bonchev–Trinajstić information content (AvgIpc) is 2.30. The van der Waals surface area contributed by atoms with Crippen molar-refractivity contribution < 1.29 is 4.39 Å². The number of anilines is 1. The predicted octanol–water partition coefficient (Wildman–Crippen LogP) is 2.73. The lowest BCUT2D eigenvalue weighted by atomic mass is 10.1. The van der Waals surface area contributed by atoms with Crippen LogP contribution in [0, 0.1) is 5.82 Å². The van der Waals surface area contributed by atoms with E-state index in [9.17, 15) is 4.39 Å². The number of aromatic nitrogens is 2. The van der Waals surface area contributed by atoms with E-state index in [1.165, 1.54) is 12.6 Å². The van der Waals surface area contributed by atoms with Crippen molar-refractivity contribution in [1.82, 2.24) is 9.97 Å². The standard InChI is InChI=1S/C12H18FN3/c1-9(2)11-14-8-10(13)12(15-11)16-6-4-3-5-7-16/h8-9H,3-7H2,1-2H3. The minimum absolute atomic E-state index is 0.240. The van der Waals surface area contributed by atoms with Crippen molar-refractivity contribution in [3.8, 4) is 0 Å².